The topological polar surface area (TPSA) is 55.4 Å². The number of ether oxygens (including phenoxy) is 1. The van der Waals surface area contributed by atoms with Crippen LogP contribution in [0.5, 0.6) is 0 Å². The van der Waals surface area contributed by atoms with Crippen LogP contribution in [0.2, 0.25) is 5.02 Å². The van der Waals surface area contributed by atoms with E-state index < -0.39 is 37.1 Å². The minimum Gasteiger partial charge on any atom is -0.456 e. The van der Waals surface area contributed by atoms with Gasteiger partial charge in [-0.3, -0.25) is 9.59 Å². The van der Waals surface area contributed by atoms with E-state index in [0.29, 0.717) is 10.6 Å². The summed E-state index contributed by atoms with van der Waals surface area (Å²) in [6.45, 7) is -0.413. The van der Waals surface area contributed by atoms with Crippen LogP contribution < -0.4 is 5.32 Å². The Balaban J connectivity index is 2.72. The second-order valence-electron chi connectivity index (χ2n) is 4.28. The molecular formula is C13H13ClF3NO3. The first-order valence-electron chi connectivity index (χ1n) is 5.92. The van der Waals surface area contributed by atoms with Gasteiger partial charge < -0.3 is 10.1 Å². The summed E-state index contributed by atoms with van der Waals surface area (Å²) in [5.74, 6) is -1.47. The molecule has 0 radical (unpaired) electrons. The Hall–Kier alpha value is -1.76. The van der Waals surface area contributed by atoms with E-state index in [4.69, 9.17) is 11.6 Å². The predicted molar refractivity (Wildman–Crippen MR) is 69.6 cm³/mol. The molecule has 0 spiro atoms. The van der Waals surface area contributed by atoms with Crippen molar-refractivity contribution in [2.45, 2.75) is 25.6 Å². The van der Waals surface area contributed by atoms with Gasteiger partial charge in [-0.25, -0.2) is 0 Å². The highest BCUT2D eigenvalue weighted by Gasteiger charge is 2.30. The second-order valence-corrected chi connectivity index (χ2v) is 4.72. The van der Waals surface area contributed by atoms with Crippen molar-refractivity contribution in [2.75, 3.05) is 6.61 Å². The van der Waals surface area contributed by atoms with Gasteiger partial charge in [0, 0.05) is 11.9 Å². The highest BCUT2D eigenvalue weighted by atomic mass is 35.5. The zero-order chi connectivity index (χ0) is 16.0. The maximum Gasteiger partial charge on any atom is 0.422 e. The third-order valence-corrected chi connectivity index (χ3v) is 2.67. The van der Waals surface area contributed by atoms with Gasteiger partial charge in [-0.2, -0.15) is 13.2 Å². The van der Waals surface area contributed by atoms with Crippen molar-refractivity contribution in [3.8, 4) is 0 Å². The first-order valence-corrected chi connectivity index (χ1v) is 6.30. The van der Waals surface area contributed by atoms with Gasteiger partial charge in [0.2, 0.25) is 5.91 Å². The molecule has 0 aromatic heterocycles. The lowest BCUT2D eigenvalue weighted by Crippen LogP contribution is -2.29. The third kappa shape index (κ3) is 6.99. The number of hydrogen-bond acceptors (Lipinski definition) is 3. The van der Waals surface area contributed by atoms with Crippen molar-refractivity contribution in [2.24, 2.45) is 0 Å². The van der Waals surface area contributed by atoms with Crippen LogP contribution in [0.25, 0.3) is 0 Å². The summed E-state index contributed by atoms with van der Waals surface area (Å²) < 4.78 is 40.0. The largest absolute Gasteiger partial charge is 0.456 e. The van der Waals surface area contributed by atoms with Gasteiger partial charge in [-0.1, -0.05) is 23.7 Å². The number of esters is 1. The van der Waals surface area contributed by atoms with Gasteiger partial charge in [0.1, 0.15) is 0 Å². The molecular weight excluding hydrogens is 311 g/mol. The van der Waals surface area contributed by atoms with Gasteiger partial charge in [0.15, 0.2) is 6.61 Å². The highest BCUT2D eigenvalue weighted by molar-refractivity contribution is 6.30. The number of hydrogen-bond donors (Lipinski definition) is 1. The average Bonchev–Trinajstić information content (AvgIpc) is 2.35. The van der Waals surface area contributed by atoms with E-state index in [9.17, 15) is 22.8 Å². The zero-order valence-electron chi connectivity index (χ0n) is 11.0. The lowest BCUT2D eigenvalue weighted by molar-refractivity contribution is -0.186. The Kier molecular flexibility index (Phi) is 6.02. The van der Waals surface area contributed by atoms with Crippen molar-refractivity contribution in [1.82, 2.24) is 5.32 Å². The van der Waals surface area contributed by atoms with E-state index in [0.717, 1.165) is 0 Å². The molecule has 116 valence electrons. The number of benzene rings is 1. The van der Waals surface area contributed by atoms with E-state index in [2.05, 4.69) is 10.1 Å². The van der Waals surface area contributed by atoms with Gasteiger partial charge in [-0.15, -0.1) is 0 Å². The second kappa shape index (κ2) is 7.31. The SMILES string of the molecule is CC(=O)N[C@H](CC(=O)OCC(F)(F)F)c1ccc(Cl)cc1. The van der Waals surface area contributed by atoms with Gasteiger partial charge in [0.05, 0.1) is 12.5 Å². The minimum absolute atomic E-state index is 0.405. The predicted octanol–water partition coefficient (Wildman–Crippen LogP) is 3.01. The molecule has 0 unspecified atom stereocenters. The van der Waals surface area contributed by atoms with Gasteiger partial charge in [-0.05, 0) is 17.7 Å². The van der Waals surface area contributed by atoms with E-state index in [1.165, 1.54) is 6.92 Å². The number of rotatable bonds is 5. The zero-order valence-corrected chi connectivity index (χ0v) is 11.8. The smallest absolute Gasteiger partial charge is 0.422 e. The quantitative estimate of drug-likeness (QED) is 0.847. The Morgan fingerprint density at radius 3 is 2.33 bits per heavy atom. The van der Waals surface area contributed by atoms with Crippen LogP contribution in [0.1, 0.15) is 24.9 Å². The molecule has 1 amide bonds. The van der Waals surface area contributed by atoms with Crippen molar-refractivity contribution < 1.29 is 27.5 Å². The summed E-state index contributed by atoms with van der Waals surface area (Å²) in [4.78, 5) is 22.5. The molecule has 1 rings (SSSR count). The first-order chi connectivity index (χ1) is 9.67. The van der Waals surface area contributed by atoms with Crippen molar-refractivity contribution >= 4 is 23.5 Å². The summed E-state index contributed by atoms with van der Waals surface area (Å²) >= 11 is 5.72. The van der Waals surface area contributed by atoms with Crippen molar-refractivity contribution in [3.05, 3.63) is 34.9 Å². The molecule has 1 atom stereocenters. The van der Waals surface area contributed by atoms with E-state index >= 15 is 0 Å². The van der Waals surface area contributed by atoms with E-state index in [1.807, 2.05) is 0 Å². The standard InChI is InChI=1S/C13H13ClF3NO3/c1-8(19)18-11(9-2-4-10(14)5-3-9)6-12(20)21-7-13(15,16)17/h2-5,11H,6-7H2,1H3,(H,18,19)/t11-/m1/s1. The van der Waals surface area contributed by atoms with Crippen LogP contribution in [0.3, 0.4) is 0 Å². The molecule has 1 N–H and O–H groups in total. The molecule has 1 aromatic rings. The molecule has 0 aliphatic carbocycles. The van der Waals surface area contributed by atoms with Crippen LogP contribution >= 0.6 is 11.6 Å². The molecule has 1 aromatic carbocycles. The average molecular weight is 324 g/mol. The van der Waals surface area contributed by atoms with Crippen LogP contribution in [0.4, 0.5) is 13.2 Å². The highest BCUT2D eigenvalue weighted by Crippen LogP contribution is 2.21. The fraction of sp³-hybridized carbons (Fsp3) is 0.385. The summed E-state index contributed by atoms with van der Waals surface area (Å²) in [7, 11) is 0. The van der Waals surface area contributed by atoms with E-state index in [1.54, 1.807) is 24.3 Å². The van der Waals surface area contributed by atoms with Crippen LogP contribution in [0.15, 0.2) is 24.3 Å². The number of alkyl halides is 3. The monoisotopic (exact) mass is 323 g/mol. The molecule has 0 saturated heterocycles. The molecule has 21 heavy (non-hydrogen) atoms. The number of amides is 1. The lowest BCUT2D eigenvalue weighted by Gasteiger charge is -2.18. The minimum atomic E-state index is -4.58. The Bertz CT molecular complexity index is 502. The fourth-order valence-electron chi connectivity index (χ4n) is 1.58. The molecule has 4 nitrogen and oxygen atoms in total. The fourth-order valence-corrected chi connectivity index (χ4v) is 1.71. The third-order valence-electron chi connectivity index (χ3n) is 2.42. The van der Waals surface area contributed by atoms with Gasteiger partial charge in [0.25, 0.3) is 0 Å². The number of halogens is 4. The van der Waals surface area contributed by atoms with E-state index in [-0.39, 0.29) is 0 Å². The lowest BCUT2D eigenvalue weighted by atomic mass is 10.0. The Morgan fingerprint density at radius 2 is 1.86 bits per heavy atom. The molecule has 0 heterocycles. The van der Waals surface area contributed by atoms with Crippen molar-refractivity contribution in [1.29, 1.82) is 0 Å². The number of carbonyl (C=O) groups is 2. The maximum absolute atomic E-state index is 12.0. The van der Waals surface area contributed by atoms with Crippen LogP contribution in [0, 0.1) is 0 Å². The van der Waals surface area contributed by atoms with Crippen molar-refractivity contribution in [3.63, 3.8) is 0 Å². The normalized spacial score (nSPS) is 12.6. The van der Waals surface area contributed by atoms with Crippen LogP contribution in [-0.4, -0.2) is 24.7 Å². The molecule has 0 bridgehead atoms. The van der Waals surface area contributed by atoms with Crippen LogP contribution in [-0.2, 0) is 14.3 Å². The molecule has 8 heteroatoms. The van der Waals surface area contributed by atoms with Gasteiger partial charge >= 0.3 is 12.1 Å². The summed E-state index contributed by atoms with van der Waals surface area (Å²) in [6, 6.07) is 5.46. The number of carbonyl (C=O) groups excluding carboxylic acids is 2. The summed E-state index contributed by atoms with van der Waals surface area (Å²) in [5, 5.41) is 2.94. The molecule has 0 aliphatic rings. The number of nitrogens with one attached hydrogen (secondary N) is 1. The maximum atomic E-state index is 12.0. The molecule has 0 fully saturated rings. The summed E-state index contributed by atoms with van der Waals surface area (Å²) in [5.41, 5.74) is 0.540. The molecule has 0 saturated carbocycles. The first kappa shape index (κ1) is 17.3. The molecule has 0 aliphatic heterocycles. The Morgan fingerprint density at radius 1 is 1.29 bits per heavy atom. The Labute approximate surface area is 124 Å². The summed E-state index contributed by atoms with van der Waals surface area (Å²) in [6.07, 6.45) is -4.99.